The lowest BCUT2D eigenvalue weighted by Gasteiger charge is -2.21. The van der Waals surface area contributed by atoms with Crippen LogP contribution in [0, 0.1) is 18.8 Å². The number of nitrogens with zero attached hydrogens (tertiary/aromatic N) is 4. The third kappa shape index (κ3) is 4.54. The summed E-state index contributed by atoms with van der Waals surface area (Å²) in [7, 11) is 0. The molecule has 2 aliphatic rings. The van der Waals surface area contributed by atoms with Gasteiger partial charge in [-0.25, -0.2) is 15.0 Å². The number of hydrogen-bond donors (Lipinski definition) is 2. The number of pyridine rings is 1. The molecule has 7 nitrogen and oxygen atoms in total. The summed E-state index contributed by atoms with van der Waals surface area (Å²) < 4.78 is 5.69. The summed E-state index contributed by atoms with van der Waals surface area (Å²) in [5, 5.41) is 7.81. The first-order valence-electron chi connectivity index (χ1n) is 13.4. The second-order valence-corrected chi connectivity index (χ2v) is 10.1. The Bertz CT molecular complexity index is 1410. The first-order valence-corrected chi connectivity index (χ1v) is 13.4. The van der Waals surface area contributed by atoms with Crippen LogP contribution in [0.3, 0.4) is 0 Å². The Labute approximate surface area is 218 Å². The highest BCUT2D eigenvalue weighted by Crippen LogP contribution is 2.36. The first-order chi connectivity index (χ1) is 18.1. The lowest BCUT2D eigenvalue weighted by molar-refractivity contribution is 0.310. The van der Waals surface area contributed by atoms with Gasteiger partial charge < -0.3 is 20.3 Å². The van der Waals surface area contributed by atoms with Crippen molar-refractivity contribution in [1.82, 2.24) is 15.0 Å². The molecule has 0 amide bonds. The molecular formula is C30H34N6O. The number of benzene rings is 2. The van der Waals surface area contributed by atoms with E-state index in [9.17, 15) is 0 Å². The van der Waals surface area contributed by atoms with E-state index in [1.165, 1.54) is 18.5 Å². The maximum atomic E-state index is 5.69. The zero-order valence-corrected chi connectivity index (χ0v) is 21.8. The maximum absolute atomic E-state index is 5.69. The summed E-state index contributed by atoms with van der Waals surface area (Å²) in [6, 6.07) is 14.9. The Balaban J connectivity index is 1.22. The molecule has 4 heterocycles. The van der Waals surface area contributed by atoms with Crippen molar-refractivity contribution in [2.75, 3.05) is 41.8 Å². The molecule has 190 valence electrons. The van der Waals surface area contributed by atoms with Crippen LogP contribution in [0.4, 0.5) is 23.0 Å². The monoisotopic (exact) mass is 494 g/mol. The Kier molecular flexibility index (Phi) is 6.28. The van der Waals surface area contributed by atoms with Gasteiger partial charge in [-0.15, -0.1) is 0 Å². The van der Waals surface area contributed by atoms with Crippen LogP contribution in [0.5, 0.6) is 5.88 Å². The zero-order valence-electron chi connectivity index (χ0n) is 21.8. The third-order valence-electron chi connectivity index (χ3n) is 7.95. The van der Waals surface area contributed by atoms with Crippen LogP contribution in [0.15, 0.2) is 54.9 Å². The van der Waals surface area contributed by atoms with E-state index in [4.69, 9.17) is 9.72 Å². The van der Waals surface area contributed by atoms with Gasteiger partial charge in [-0.3, -0.25) is 0 Å². The van der Waals surface area contributed by atoms with Crippen molar-refractivity contribution in [3.63, 3.8) is 0 Å². The predicted octanol–water partition coefficient (Wildman–Crippen LogP) is 6.42. The molecule has 2 atom stereocenters. The number of anilines is 4. The van der Waals surface area contributed by atoms with Gasteiger partial charge in [-0.05, 0) is 60.2 Å². The number of ether oxygens (including phenoxy) is 1. The van der Waals surface area contributed by atoms with Gasteiger partial charge >= 0.3 is 0 Å². The molecule has 37 heavy (non-hydrogen) atoms. The minimum Gasteiger partial charge on any atom is -0.474 e. The van der Waals surface area contributed by atoms with Crippen molar-refractivity contribution in [2.45, 2.75) is 33.6 Å². The molecule has 1 saturated heterocycles. The molecule has 0 radical (unpaired) electrons. The molecule has 6 rings (SSSR count). The Hall–Kier alpha value is -3.87. The van der Waals surface area contributed by atoms with Crippen LogP contribution < -0.4 is 20.3 Å². The van der Waals surface area contributed by atoms with E-state index in [0.29, 0.717) is 18.4 Å². The fraction of sp³-hybridized carbons (Fsp3) is 0.367. The highest BCUT2D eigenvalue weighted by Gasteiger charge is 2.30. The van der Waals surface area contributed by atoms with E-state index < -0.39 is 0 Å². The van der Waals surface area contributed by atoms with E-state index in [0.717, 1.165) is 70.4 Å². The second-order valence-electron chi connectivity index (χ2n) is 10.1. The quantitative estimate of drug-likeness (QED) is 0.320. The highest BCUT2D eigenvalue weighted by molar-refractivity contribution is 5.86. The lowest BCUT2D eigenvalue weighted by atomic mass is 9.92. The average Bonchev–Trinajstić information content (AvgIpc) is 3.37. The van der Waals surface area contributed by atoms with Crippen LogP contribution in [0.25, 0.3) is 22.0 Å². The van der Waals surface area contributed by atoms with Gasteiger partial charge in [0.1, 0.15) is 12.3 Å². The molecule has 2 aromatic carbocycles. The highest BCUT2D eigenvalue weighted by atomic mass is 16.5. The van der Waals surface area contributed by atoms with Crippen molar-refractivity contribution in [1.29, 1.82) is 0 Å². The molecule has 1 fully saturated rings. The van der Waals surface area contributed by atoms with Crippen LogP contribution in [0.1, 0.15) is 32.3 Å². The summed E-state index contributed by atoms with van der Waals surface area (Å²) in [6.45, 7) is 10.5. The molecule has 0 saturated carbocycles. The van der Waals surface area contributed by atoms with E-state index in [1.54, 1.807) is 0 Å². The zero-order chi connectivity index (χ0) is 25.4. The fourth-order valence-electron chi connectivity index (χ4n) is 5.72. The third-order valence-corrected chi connectivity index (χ3v) is 7.95. The van der Waals surface area contributed by atoms with Crippen molar-refractivity contribution in [3.05, 3.63) is 60.4 Å². The normalized spacial score (nSPS) is 18.8. The summed E-state index contributed by atoms with van der Waals surface area (Å²) in [4.78, 5) is 16.4. The molecular weight excluding hydrogens is 460 g/mol. The second kappa shape index (κ2) is 9.88. The van der Waals surface area contributed by atoms with E-state index in [-0.39, 0.29) is 0 Å². The van der Waals surface area contributed by atoms with E-state index >= 15 is 0 Å². The number of hydrogen-bond acceptors (Lipinski definition) is 7. The van der Waals surface area contributed by atoms with Gasteiger partial charge in [0.2, 0.25) is 11.8 Å². The van der Waals surface area contributed by atoms with Crippen LogP contribution >= 0.6 is 0 Å². The maximum Gasteiger partial charge on any atom is 0.237 e. The first kappa shape index (κ1) is 23.5. The van der Waals surface area contributed by atoms with Gasteiger partial charge in [0.25, 0.3) is 0 Å². The van der Waals surface area contributed by atoms with Crippen LogP contribution in [0.2, 0.25) is 0 Å². The molecule has 4 aromatic rings. The summed E-state index contributed by atoms with van der Waals surface area (Å²) in [6.07, 6.45) is 6.26. The van der Waals surface area contributed by atoms with Crippen molar-refractivity contribution >= 4 is 33.9 Å². The Morgan fingerprint density at radius 1 is 1.00 bits per heavy atom. The topological polar surface area (TPSA) is 75.2 Å². The smallest absolute Gasteiger partial charge is 0.237 e. The number of aromatic nitrogens is 3. The molecule has 2 aromatic heterocycles. The van der Waals surface area contributed by atoms with E-state index in [2.05, 4.69) is 88.7 Å². The minimum atomic E-state index is 0.589. The molecule has 2 aliphatic heterocycles. The minimum absolute atomic E-state index is 0.589. The molecule has 2 N–H and O–H groups in total. The summed E-state index contributed by atoms with van der Waals surface area (Å²) in [5.74, 6) is 2.85. The van der Waals surface area contributed by atoms with Gasteiger partial charge in [-0.1, -0.05) is 38.8 Å². The van der Waals surface area contributed by atoms with Gasteiger partial charge in [0.05, 0.1) is 5.52 Å². The molecule has 0 spiro atoms. The fourth-order valence-corrected chi connectivity index (χ4v) is 5.72. The standard InChI is InChI=1S/C30H34N6O/c1-4-20-17-36(18-21(20)5-2)25-10-8-24(9-11-25)34-30-33-15-23-7-6-22(14-27(23)35-30)26-16-32-29-28(19(26)3)31-12-13-37-29/h6-11,14-16,20-21,31H,4-5,12-13,17-18H2,1-3H3,(H,33,34,35). The van der Waals surface area contributed by atoms with Gasteiger partial charge in [0, 0.05) is 54.4 Å². The largest absolute Gasteiger partial charge is 0.474 e. The average molecular weight is 495 g/mol. The lowest BCUT2D eigenvalue weighted by Crippen LogP contribution is -2.20. The van der Waals surface area contributed by atoms with E-state index in [1.807, 2.05) is 12.4 Å². The number of nitrogens with one attached hydrogen (secondary N) is 2. The Morgan fingerprint density at radius 2 is 1.78 bits per heavy atom. The van der Waals surface area contributed by atoms with Crippen LogP contribution in [-0.4, -0.2) is 41.2 Å². The van der Waals surface area contributed by atoms with Crippen LogP contribution in [-0.2, 0) is 0 Å². The number of fused-ring (bicyclic) bond motifs is 2. The molecule has 7 heteroatoms. The van der Waals surface area contributed by atoms with Gasteiger partial charge in [0.15, 0.2) is 0 Å². The number of rotatable bonds is 6. The SMILES string of the molecule is CCC1CN(c2ccc(Nc3ncc4ccc(-c5cnc6c(c5C)NCCO6)cc4n3)cc2)CC1CC. The van der Waals surface area contributed by atoms with Crippen molar-refractivity contribution in [2.24, 2.45) is 11.8 Å². The Morgan fingerprint density at radius 3 is 2.54 bits per heavy atom. The van der Waals surface area contributed by atoms with Crippen molar-refractivity contribution < 1.29 is 4.74 Å². The molecule has 2 unspecified atom stereocenters. The predicted molar refractivity (Wildman–Crippen MR) is 151 cm³/mol. The van der Waals surface area contributed by atoms with Crippen molar-refractivity contribution in [3.8, 4) is 17.0 Å². The van der Waals surface area contributed by atoms with Gasteiger partial charge in [-0.2, -0.15) is 0 Å². The summed E-state index contributed by atoms with van der Waals surface area (Å²) >= 11 is 0. The summed E-state index contributed by atoms with van der Waals surface area (Å²) in [5.41, 5.74) is 7.41. The molecule has 0 bridgehead atoms. The molecule has 0 aliphatic carbocycles.